The number of nitrogen functional groups attached to an aromatic ring is 1. The molecule has 0 unspecified atom stereocenters. The van der Waals surface area contributed by atoms with E-state index in [-0.39, 0.29) is 11.4 Å². The number of rotatable bonds is 4. The van der Waals surface area contributed by atoms with Crippen molar-refractivity contribution < 1.29 is 21.9 Å². The van der Waals surface area contributed by atoms with Gasteiger partial charge in [0, 0.05) is 6.07 Å². The molecule has 0 aliphatic heterocycles. The maximum atomic E-state index is 12.1. The van der Waals surface area contributed by atoms with E-state index >= 15 is 0 Å². The number of nitrogens with two attached hydrogens (primary N) is 1. The number of ether oxygens (including phenoxy) is 1. The third-order valence-electron chi connectivity index (χ3n) is 1.75. The molecular weight excluding hydrogens is 242 g/mol. The van der Waals surface area contributed by atoms with Gasteiger partial charge in [-0.15, -0.1) is 0 Å². The zero-order chi connectivity index (χ0) is 12.3. The van der Waals surface area contributed by atoms with E-state index in [1.54, 1.807) is 4.72 Å². The number of methoxy groups -OCH3 is 1. The van der Waals surface area contributed by atoms with Crippen LogP contribution in [-0.4, -0.2) is 21.3 Å². The van der Waals surface area contributed by atoms with Crippen LogP contribution in [0.5, 0.6) is 5.75 Å². The molecule has 0 saturated heterocycles. The lowest BCUT2D eigenvalue weighted by Gasteiger charge is -2.10. The molecule has 8 heteroatoms. The maximum absolute atomic E-state index is 12.1. The maximum Gasteiger partial charge on any atom is 0.355 e. The Morgan fingerprint density at radius 3 is 2.56 bits per heavy atom. The third-order valence-corrected chi connectivity index (χ3v) is 2.72. The quantitative estimate of drug-likeness (QED) is 0.790. The van der Waals surface area contributed by atoms with Gasteiger partial charge in [0.15, 0.2) is 0 Å². The van der Waals surface area contributed by atoms with Crippen molar-refractivity contribution in [1.82, 2.24) is 0 Å². The van der Waals surface area contributed by atoms with Gasteiger partial charge in [0.25, 0.3) is 10.0 Å². The molecule has 0 radical (unpaired) electrons. The monoisotopic (exact) mass is 252 g/mol. The highest BCUT2D eigenvalue weighted by Gasteiger charge is 2.24. The molecule has 1 rings (SSSR count). The van der Waals surface area contributed by atoms with E-state index in [0.717, 1.165) is 0 Å². The first-order valence-electron chi connectivity index (χ1n) is 4.10. The Hall–Kier alpha value is -1.57. The summed E-state index contributed by atoms with van der Waals surface area (Å²) in [5, 5.41) is 0. The van der Waals surface area contributed by atoms with Crippen molar-refractivity contribution in [3.05, 3.63) is 18.2 Å². The van der Waals surface area contributed by atoms with Crippen LogP contribution in [0.1, 0.15) is 0 Å². The number of anilines is 2. The Balaban J connectivity index is 3.06. The lowest BCUT2D eigenvalue weighted by atomic mass is 10.2. The molecule has 0 aromatic heterocycles. The summed E-state index contributed by atoms with van der Waals surface area (Å²) in [6, 6.07) is 4.05. The van der Waals surface area contributed by atoms with Crippen molar-refractivity contribution in [3.63, 3.8) is 0 Å². The second kappa shape index (κ2) is 4.52. The zero-order valence-electron chi connectivity index (χ0n) is 8.28. The fraction of sp³-hybridized carbons (Fsp3) is 0.250. The molecule has 0 heterocycles. The molecule has 0 saturated carbocycles. The van der Waals surface area contributed by atoms with Crippen LogP contribution in [0.15, 0.2) is 18.2 Å². The molecule has 0 aliphatic rings. The van der Waals surface area contributed by atoms with Gasteiger partial charge in [-0.1, -0.05) is 0 Å². The molecule has 0 spiro atoms. The van der Waals surface area contributed by atoms with Crippen LogP contribution in [0.2, 0.25) is 0 Å². The molecule has 0 fully saturated rings. The average molecular weight is 252 g/mol. The first-order chi connectivity index (χ1) is 7.36. The summed E-state index contributed by atoms with van der Waals surface area (Å²) in [5.41, 5.74) is 5.32. The van der Waals surface area contributed by atoms with E-state index in [0.29, 0.717) is 5.75 Å². The van der Waals surface area contributed by atoms with Crippen LogP contribution in [0.4, 0.5) is 20.2 Å². The average Bonchev–Trinajstić information content (AvgIpc) is 2.21. The fourth-order valence-electron chi connectivity index (χ4n) is 0.949. The molecule has 0 atom stereocenters. The first kappa shape index (κ1) is 12.5. The van der Waals surface area contributed by atoms with Crippen molar-refractivity contribution in [1.29, 1.82) is 0 Å². The predicted octanol–water partition coefficient (Wildman–Crippen LogP) is 1.24. The Bertz CT molecular complexity index is 476. The topological polar surface area (TPSA) is 81.4 Å². The summed E-state index contributed by atoms with van der Waals surface area (Å²) >= 11 is 0. The molecule has 1 aromatic carbocycles. The lowest BCUT2D eigenvalue weighted by Crippen LogP contribution is -2.21. The van der Waals surface area contributed by atoms with Crippen LogP contribution in [0.3, 0.4) is 0 Å². The number of nitrogens with one attached hydrogen (secondary N) is 1. The van der Waals surface area contributed by atoms with E-state index in [1.165, 1.54) is 25.3 Å². The van der Waals surface area contributed by atoms with E-state index < -0.39 is 15.8 Å². The summed E-state index contributed by atoms with van der Waals surface area (Å²) < 4.78 is 52.5. The van der Waals surface area contributed by atoms with Crippen molar-refractivity contribution in [3.8, 4) is 5.75 Å². The third kappa shape index (κ3) is 2.72. The molecule has 0 bridgehead atoms. The SMILES string of the molecule is COc1ccc(N)c(NS(=O)(=O)C(F)F)c1. The van der Waals surface area contributed by atoms with Gasteiger partial charge in [-0.2, -0.15) is 8.78 Å². The molecule has 16 heavy (non-hydrogen) atoms. The normalized spacial score (nSPS) is 11.5. The second-order valence-electron chi connectivity index (χ2n) is 2.86. The van der Waals surface area contributed by atoms with Crippen molar-refractivity contribution in [2.24, 2.45) is 0 Å². The van der Waals surface area contributed by atoms with Gasteiger partial charge in [0.2, 0.25) is 0 Å². The number of halogens is 2. The van der Waals surface area contributed by atoms with Crippen molar-refractivity contribution in [2.75, 3.05) is 17.6 Å². The molecule has 3 N–H and O–H groups in total. The fourth-order valence-corrected chi connectivity index (χ4v) is 1.52. The van der Waals surface area contributed by atoms with Crippen LogP contribution in [-0.2, 0) is 10.0 Å². The Morgan fingerprint density at radius 2 is 2.06 bits per heavy atom. The smallest absolute Gasteiger partial charge is 0.355 e. The molecule has 5 nitrogen and oxygen atoms in total. The Labute approximate surface area is 91.3 Å². The molecule has 0 aliphatic carbocycles. The Morgan fingerprint density at radius 1 is 1.44 bits per heavy atom. The summed E-state index contributed by atoms with van der Waals surface area (Å²) in [6.45, 7) is 0. The van der Waals surface area contributed by atoms with Crippen molar-refractivity contribution in [2.45, 2.75) is 5.76 Å². The number of benzene rings is 1. The van der Waals surface area contributed by atoms with Gasteiger partial charge >= 0.3 is 5.76 Å². The van der Waals surface area contributed by atoms with Gasteiger partial charge in [-0.05, 0) is 12.1 Å². The summed E-state index contributed by atoms with van der Waals surface area (Å²) in [4.78, 5) is 0. The second-order valence-corrected chi connectivity index (χ2v) is 4.51. The van der Waals surface area contributed by atoms with E-state index in [9.17, 15) is 17.2 Å². The van der Waals surface area contributed by atoms with E-state index in [2.05, 4.69) is 0 Å². The first-order valence-corrected chi connectivity index (χ1v) is 5.64. The van der Waals surface area contributed by atoms with Crippen LogP contribution in [0, 0.1) is 0 Å². The predicted molar refractivity (Wildman–Crippen MR) is 56.0 cm³/mol. The largest absolute Gasteiger partial charge is 0.497 e. The van der Waals surface area contributed by atoms with Gasteiger partial charge in [-0.25, -0.2) is 8.42 Å². The Kier molecular flexibility index (Phi) is 3.53. The molecule has 90 valence electrons. The number of hydrogen-bond donors (Lipinski definition) is 2. The van der Waals surface area contributed by atoms with E-state index in [4.69, 9.17) is 10.5 Å². The van der Waals surface area contributed by atoms with Gasteiger partial charge < -0.3 is 10.5 Å². The van der Waals surface area contributed by atoms with Gasteiger partial charge in [-0.3, -0.25) is 4.72 Å². The molecule has 0 amide bonds. The highest BCUT2D eigenvalue weighted by molar-refractivity contribution is 7.93. The number of sulfonamides is 1. The minimum absolute atomic E-state index is 0.0324. The zero-order valence-corrected chi connectivity index (χ0v) is 9.09. The van der Waals surface area contributed by atoms with E-state index in [1.807, 2.05) is 0 Å². The minimum Gasteiger partial charge on any atom is -0.497 e. The summed E-state index contributed by atoms with van der Waals surface area (Å²) in [7, 11) is -3.36. The van der Waals surface area contributed by atoms with Crippen LogP contribution in [0.25, 0.3) is 0 Å². The van der Waals surface area contributed by atoms with Crippen LogP contribution >= 0.6 is 0 Å². The number of alkyl halides is 2. The van der Waals surface area contributed by atoms with Gasteiger partial charge in [0.05, 0.1) is 18.5 Å². The lowest BCUT2D eigenvalue weighted by molar-refractivity contribution is 0.236. The minimum atomic E-state index is -4.72. The highest BCUT2D eigenvalue weighted by atomic mass is 32.2. The highest BCUT2D eigenvalue weighted by Crippen LogP contribution is 2.26. The van der Waals surface area contributed by atoms with Gasteiger partial charge in [0.1, 0.15) is 5.75 Å². The van der Waals surface area contributed by atoms with Crippen molar-refractivity contribution >= 4 is 21.4 Å². The standard InChI is InChI=1S/C8H10F2N2O3S/c1-15-5-2-3-6(11)7(4-5)12-16(13,14)8(9)10/h2-4,8,12H,11H2,1H3. The molecule has 1 aromatic rings. The molecular formula is C8H10F2N2O3S. The van der Waals surface area contributed by atoms with Crippen LogP contribution < -0.4 is 15.2 Å². The number of hydrogen-bond acceptors (Lipinski definition) is 4. The summed E-state index contributed by atoms with van der Waals surface area (Å²) in [5.74, 6) is -3.21. The summed E-state index contributed by atoms with van der Waals surface area (Å²) in [6.07, 6.45) is 0.